The van der Waals surface area contributed by atoms with E-state index in [0.717, 1.165) is 21.5 Å². The molecule has 1 unspecified atom stereocenters. The molecular formula is C12H12BrClN2S. The van der Waals surface area contributed by atoms with Crippen molar-refractivity contribution in [3.05, 3.63) is 49.8 Å². The standard InChI is InChI=1S/C12H12BrClN2S/c1-15-11(12-9(13)3-5-17-12)6-8-2-4-16-7-10(8)14/h2-5,7,11,15H,6H2,1H3. The van der Waals surface area contributed by atoms with E-state index in [1.165, 1.54) is 4.88 Å². The van der Waals surface area contributed by atoms with Crippen LogP contribution in [0.1, 0.15) is 16.5 Å². The van der Waals surface area contributed by atoms with Crippen molar-refractivity contribution >= 4 is 38.9 Å². The molecule has 0 spiro atoms. The molecule has 90 valence electrons. The first-order valence-electron chi connectivity index (χ1n) is 5.21. The van der Waals surface area contributed by atoms with Crippen molar-refractivity contribution in [3.8, 4) is 0 Å². The molecule has 0 aliphatic rings. The second-order valence-electron chi connectivity index (χ2n) is 3.65. The van der Waals surface area contributed by atoms with Crippen LogP contribution in [-0.4, -0.2) is 12.0 Å². The van der Waals surface area contributed by atoms with Crippen LogP contribution in [0.5, 0.6) is 0 Å². The average molecular weight is 332 g/mol. The Hall–Kier alpha value is -0.420. The number of hydrogen-bond donors (Lipinski definition) is 1. The Morgan fingerprint density at radius 1 is 1.53 bits per heavy atom. The maximum Gasteiger partial charge on any atom is 0.0622 e. The number of hydrogen-bond acceptors (Lipinski definition) is 3. The van der Waals surface area contributed by atoms with E-state index in [4.69, 9.17) is 11.6 Å². The van der Waals surface area contributed by atoms with Crippen molar-refractivity contribution in [2.45, 2.75) is 12.5 Å². The maximum absolute atomic E-state index is 6.13. The lowest BCUT2D eigenvalue weighted by atomic mass is 10.1. The fourth-order valence-corrected chi connectivity index (χ4v) is 3.63. The first-order valence-corrected chi connectivity index (χ1v) is 7.26. The highest BCUT2D eigenvalue weighted by Gasteiger charge is 2.15. The third kappa shape index (κ3) is 3.07. The van der Waals surface area contributed by atoms with Crippen molar-refractivity contribution in [2.75, 3.05) is 7.05 Å². The number of aromatic nitrogens is 1. The summed E-state index contributed by atoms with van der Waals surface area (Å²) in [6, 6.07) is 4.30. The fraction of sp³-hybridized carbons (Fsp3) is 0.250. The molecule has 0 saturated carbocycles. The molecule has 0 bridgehead atoms. The van der Waals surface area contributed by atoms with Gasteiger partial charge >= 0.3 is 0 Å². The van der Waals surface area contributed by atoms with Crippen LogP contribution < -0.4 is 5.32 Å². The number of rotatable bonds is 4. The SMILES string of the molecule is CNC(Cc1ccncc1Cl)c1sccc1Br. The molecule has 5 heteroatoms. The van der Waals surface area contributed by atoms with Crippen molar-refractivity contribution in [1.82, 2.24) is 10.3 Å². The van der Waals surface area contributed by atoms with E-state index in [1.807, 2.05) is 13.1 Å². The molecule has 0 aliphatic carbocycles. The van der Waals surface area contributed by atoms with Gasteiger partial charge in [-0.05, 0) is 52.5 Å². The Morgan fingerprint density at radius 3 is 2.94 bits per heavy atom. The minimum absolute atomic E-state index is 0.268. The summed E-state index contributed by atoms with van der Waals surface area (Å²) in [6.07, 6.45) is 4.32. The third-order valence-electron chi connectivity index (χ3n) is 2.59. The van der Waals surface area contributed by atoms with Gasteiger partial charge in [-0.2, -0.15) is 0 Å². The molecule has 2 aromatic heterocycles. The van der Waals surface area contributed by atoms with Crippen molar-refractivity contribution < 1.29 is 0 Å². The highest BCUT2D eigenvalue weighted by atomic mass is 79.9. The Kier molecular flexibility index (Phi) is 4.56. The minimum atomic E-state index is 0.268. The van der Waals surface area contributed by atoms with Crippen LogP contribution in [0.4, 0.5) is 0 Å². The van der Waals surface area contributed by atoms with Crippen LogP contribution in [0.3, 0.4) is 0 Å². The van der Waals surface area contributed by atoms with Gasteiger partial charge in [0.1, 0.15) is 0 Å². The lowest BCUT2D eigenvalue weighted by Crippen LogP contribution is -2.18. The quantitative estimate of drug-likeness (QED) is 0.914. The van der Waals surface area contributed by atoms with Gasteiger partial charge in [0.25, 0.3) is 0 Å². The predicted molar refractivity (Wildman–Crippen MR) is 76.8 cm³/mol. The van der Waals surface area contributed by atoms with Crippen molar-refractivity contribution in [1.29, 1.82) is 0 Å². The molecule has 2 heterocycles. The second kappa shape index (κ2) is 5.96. The van der Waals surface area contributed by atoms with Crippen LogP contribution in [0.15, 0.2) is 34.4 Å². The molecule has 2 rings (SSSR count). The van der Waals surface area contributed by atoms with Crippen LogP contribution in [0, 0.1) is 0 Å². The van der Waals surface area contributed by atoms with Gasteiger partial charge in [0.2, 0.25) is 0 Å². The smallest absolute Gasteiger partial charge is 0.0622 e. The minimum Gasteiger partial charge on any atom is -0.312 e. The number of nitrogens with zero attached hydrogens (tertiary/aromatic N) is 1. The summed E-state index contributed by atoms with van der Waals surface area (Å²) in [4.78, 5) is 5.29. The van der Waals surface area contributed by atoms with Crippen LogP contribution in [0.2, 0.25) is 5.02 Å². The molecule has 0 amide bonds. The lowest BCUT2D eigenvalue weighted by molar-refractivity contribution is 0.600. The van der Waals surface area contributed by atoms with E-state index in [0.29, 0.717) is 0 Å². The first kappa shape index (κ1) is 13.0. The molecular weight excluding hydrogens is 320 g/mol. The Balaban J connectivity index is 2.22. The molecule has 0 radical (unpaired) electrons. The summed E-state index contributed by atoms with van der Waals surface area (Å²) in [5.74, 6) is 0. The Bertz CT molecular complexity index is 501. The molecule has 17 heavy (non-hydrogen) atoms. The van der Waals surface area contributed by atoms with Gasteiger partial charge in [0, 0.05) is 27.8 Å². The molecule has 0 aliphatic heterocycles. The number of thiophene rings is 1. The van der Waals surface area contributed by atoms with Gasteiger partial charge < -0.3 is 5.32 Å². The number of nitrogens with one attached hydrogen (secondary N) is 1. The van der Waals surface area contributed by atoms with E-state index >= 15 is 0 Å². The molecule has 0 fully saturated rings. The third-order valence-corrected chi connectivity index (χ3v) is 4.91. The summed E-state index contributed by atoms with van der Waals surface area (Å²) in [5, 5.41) is 6.13. The van der Waals surface area contributed by atoms with Gasteiger partial charge in [-0.3, -0.25) is 4.98 Å². The van der Waals surface area contributed by atoms with Gasteiger partial charge in [0.15, 0.2) is 0 Å². The molecule has 2 nitrogen and oxygen atoms in total. The summed E-state index contributed by atoms with van der Waals surface area (Å²) in [6.45, 7) is 0. The van der Waals surface area contributed by atoms with Gasteiger partial charge in [0.05, 0.1) is 5.02 Å². The summed E-state index contributed by atoms with van der Waals surface area (Å²) < 4.78 is 1.15. The zero-order valence-electron chi connectivity index (χ0n) is 9.28. The zero-order valence-corrected chi connectivity index (χ0v) is 12.4. The van der Waals surface area contributed by atoms with Gasteiger partial charge in [-0.25, -0.2) is 0 Å². The van der Waals surface area contributed by atoms with E-state index in [1.54, 1.807) is 23.7 Å². The van der Waals surface area contributed by atoms with E-state index < -0.39 is 0 Å². The summed E-state index contributed by atoms with van der Waals surface area (Å²) in [7, 11) is 1.96. The average Bonchev–Trinajstić information content (AvgIpc) is 2.75. The van der Waals surface area contributed by atoms with Gasteiger partial charge in [-0.1, -0.05) is 11.6 Å². The van der Waals surface area contributed by atoms with E-state index in [9.17, 15) is 0 Å². The normalized spacial score (nSPS) is 12.6. The maximum atomic E-state index is 6.13. The van der Waals surface area contributed by atoms with Gasteiger partial charge in [-0.15, -0.1) is 11.3 Å². The lowest BCUT2D eigenvalue weighted by Gasteiger charge is -2.16. The van der Waals surface area contributed by atoms with Crippen LogP contribution in [0.25, 0.3) is 0 Å². The Labute approximate surface area is 118 Å². The van der Waals surface area contributed by atoms with E-state index in [-0.39, 0.29) is 6.04 Å². The number of likely N-dealkylation sites (N-methyl/N-ethyl adjacent to an activating group) is 1. The predicted octanol–water partition coefficient (Wildman–Crippen LogP) is 4.06. The topological polar surface area (TPSA) is 24.9 Å². The first-order chi connectivity index (χ1) is 8.22. The molecule has 1 atom stereocenters. The molecule has 1 N–H and O–H groups in total. The number of halogens is 2. The monoisotopic (exact) mass is 330 g/mol. The highest BCUT2D eigenvalue weighted by Crippen LogP contribution is 2.31. The molecule has 2 aromatic rings. The zero-order chi connectivity index (χ0) is 12.3. The van der Waals surface area contributed by atoms with Crippen LogP contribution >= 0.6 is 38.9 Å². The molecule has 0 aromatic carbocycles. The van der Waals surface area contributed by atoms with E-state index in [2.05, 4.69) is 37.7 Å². The highest BCUT2D eigenvalue weighted by molar-refractivity contribution is 9.10. The summed E-state index contributed by atoms with van der Waals surface area (Å²) >= 11 is 11.4. The summed E-state index contributed by atoms with van der Waals surface area (Å²) in [5.41, 5.74) is 1.11. The number of pyridine rings is 1. The second-order valence-corrected chi connectivity index (χ2v) is 5.85. The fourth-order valence-electron chi connectivity index (χ4n) is 1.67. The largest absolute Gasteiger partial charge is 0.312 e. The van der Waals surface area contributed by atoms with Crippen molar-refractivity contribution in [2.24, 2.45) is 0 Å². The van der Waals surface area contributed by atoms with Crippen molar-refractivity contribution in [3.63, 3.8) is 0 Å². The van der Waals surface area contributed by atoms with Crippen LogP contribution in [-0.2, 0) is 6.42 Å². The molecule has 0 saturated heterocycles. The Morgan fingerprint density at radius 2 is 2.35 bits per heavy atom.